The maximum absolute atomic E-state index is 13.3. The Labute approximate surface area is 108 Å². The fraction of sp³-hybridized carbons (Fsp3) is 0.417. The molecule has 1 N–H and O–H groups in total. The van der Waals surface area contributed by atoms with Gasteiger partial charge in [-0.05, 0) is 19.8 Å². The standard InChI is InChI=1S/C12H13ClF3NO/c1-7(3-2-4-13)17-12(18)11-9(15)5-8(14)6-10(11)16/h5-7H,2-4H2,1H3,(H,17,18). The smallest absolute Gasteiger partial charge is 0.257 e. The van der Waals surface area contributed by atoms with E-state index in [0.717, 1.165) is 0 Å². The Morgan fingerprint density at radius 2 is 1.89 bits per heavy atom. The Hall–Kier alpha value is -1.23. The fourth-order valence-electron chi connectivity index (χ4n) is 1.51. The first-order valence-corrected chi connectivity index (χ1v) is 6.00. The average Bonchev–Trinajstić information content (AvgIpc) is 2.24. The molecule has 0 heterocycles. The summed E-state index contributed by atoms with van der Waals surface area (Å²) in [7, 11) is 0. The SMILES string of the molecule is CC(CCCCl)NC(=O)c1c(F)cc(F)cc1F. The molecule has 18 heavy (non-hydrogen) atoms. The van der Waals surface area contributed by atoms with E-state index in [2.05, 4.69) is 5.32 Å². The number of benzene rings is 1. The molecule has 1 unspecified atom stereocenters. The summed E-state index contributed by atoms with van der Waals surface area (Å²) in [6.07, 6.45) is 1.27. The minimum absolute atomic E-state index is 0.264. The van der Waals surface area contributed by atoms with Gasteiger partial charge in [-0.25, -0.2) is 13.2 Å². The van der Waals surface area contributed by atoms with Crippen LogP contribution in [0.25, 0.3) is 0 Å². The van der Waals surface area contributed by atoms with Crippen LogP contribution in [0.5, 0.6) is 0 Å². The van der Waals surface area contributed by atoms with Crippen LogP contribution in [-0.4, -0.2) is 17.8 Å². The van der Waals surface area contributed by atoms with Crippen molar-refractivity contribution >= 4 is 17.5 Å². The predicted molar refractivity (Wildman–Crippen MR) is 63.2 cm³/mol. The van der Waals surface area contributed by atoms with Crippen molar-refractivity contribution in [3.05, 3.63) is 35.1 Å². The third-order valence-electron chi connectivity index (χ3n) is 2.38. The second-order valence-corrected chi connectivity index (χ2v) is 4.33. The lowest BCUT2D eigenvalue weighted by atomic mass is 10.1. The van der Waals surface area contributed by atoms with Crippen LogP contribution in [-0.2, 0) is 0 Å². The van der Waals surface area contributed by atoms with Crippen LogP contribution >= 0.6 is 11.6 Å². The van der Waals surface area contributed by atoms with Gasteiger partial charge >= 0.3 is 0 Å². The maximum atomic E-state index is 13.3. The monoisotopic (exact) mass is 279 g/mol. The first-order valence-electron chi connectivity index (χ1n) is 5.47. The van der Waals surface area contributed by atoms with E-state index >= 15 is 0 Å². The van der Waals surface area contributed by atoms with E-state index in [4.69, 9.17) is 11.6 Å². The lowest BCUT2D eigenvalue weighted by molar-refractivity contribution is 0.0929. The van der Waals surface area contributed by atoms with Crippen molar-refractivity contribution in [1.29, 1.82) is 0 Å². The fourth-order valence-corrected chi connectivity index (χ4v) is 1.66. The summed E-state index contributed by atoms with van der Waals surface area (Å²) in [6, 6.07) is 0.683. The highest BCUT2D eigenvalue weighted by Crippen LogP contribution is 2.15. The van der Waals surface area contributed by atoms with Gasteiger partial charge in [0, 0.05) is 24.1 Å². The molecule has 1 rings (SSSR count). The lowest BCUT2D eigenvalue weighted by Crippen LogP contribution is -2.33. The van der Waals surface area contributed by atoms with Crippen LogP contribution in [0.15, 0.2) is 12.1 Å². The number of amides is 1. The van der Waals surface area contributed by atoms with Gasteiger partial charge in [-0.15, -0.1) is 11.6 Å². The summed E-state index contributed by atoms with van der Waals surface area (Å²) in [5, 5.41) is 2.43. The number of carbonyl (C=O) groups excluding carboxylic acids is 1. The number of rotatable bonds is 5. The highest BCUT2D eigenvalue weighted by molar-refractivity contribution is 6.17. The molecule has 1 atom stereocenters. The van der Waals surface area contributed by atoms with E-state index < -0.39 is 28.9 Å². The zero-order valence-electron chi connectivity index (χ0n) is 9.77. The molecule has 0 radical (unpaired) electrons. The summed E-state index contributed by atoms with van der Waals surface area (Å²) in [6.45, 7) is 1.70. The number of hydrogen-bond donors (Lipinski definition) is 1. The van der Waals surface area contributed by atoms with Crippen LogP contribution in [0.2, 0.25) is 0 Å². The Bertz CT molecular complexity index is 416. The summed E-state index contributed by atoms with van der Waals surface area (Å²) >= 11 is 5.49. The molecule has 1 aromatic carbocycles. The van der Waals surface area contributed by atoms with Gasteiger partial charge in [0.05, 0.1) is 0 Å². The number of nitrogens with one attached hydrogen (secondary N) is 1. The summed E-state index contributed by atoms with van der Waals surface area (Å²) in [5.41, 5.74) is -0.769. The van der Waals surface area contributed by atoms with Gasteiger partial charge in [-0.1, -0.05) is 0 Å². The molecule has 0 aliphatic rings. The molecule has 0 bridgehead atoms. The molecule has 0 saturated heterocycles. The highest BCUT2D eigenvalue weighted by atomic mass is 35.5. The van der Waals surface area contributed by atoms with E-state index in [1.807, 2.05) is 0 Å². The van der Waals surface area contributed by atoms with Crippen molar-refractivity contribution in [2.45, 2.75) is 25.8 Å². The van der Waals surface area contributed by atoms with Crippen LogP contribution in [0, 0.1) is 17.5 Å². The second kappa shape index (κ2) is 6.64. The summed E-state index contributed by atoms with van der Waals surface area (Å²) < 4.78 is 39.3. The van der Waals surface area contributed by atoms with Crippen molar-refractivity contribution < 1.29 is 18.0 Å². The van der Waals surface area contributed by atoms with Gasteiger partial charge in [-0.2, -0.15) is 0 Å². The minimum atomic E-state index is -1.21. The zero-order chi connectivity index (χ0) is 13.7. The van der Waals surface area contributed by atoms with E-state index in [-0.39, 0.29) is 6.04 Å². The van der Waals surface area contributed by atoms with Gasteiger partial charge in [0.2, 0.25) is 0 Å². The molecule has 0 aromatic heterocycles. The zero-order valence-corrected chi connectivity index (χ0v) is 10.5. The number of carbonyl (C=O) groups is 1. The van der Waals surface area contributed by atoms with Crippen molar-refractivity contribution in [1.82, 2.24) is 5.32 Å². The Morgan fingerprint density at radius 3 is 2.39 bits per heavy atom. The normalized spacial score (nSPS) is 12.3. The van der Waals surface area contributed by atoms with Gasteiger partial charge in [0.25, 0.3) is 5.91 Å². The van der Waals surface area contributed by atoms with E-state index in [1.165, 1.54) is 0 Å². The number of hydrogen-bond acceptors (Lipinski definition) is 1. The second-order valence-electron chi connectivity index (χ2n) is 3.95. The number of halogens is 4. The lowest BCUT2D eigenvalue weighted by Gasteiger charge is -2.13. The molecule has 0 fully saturated rings. The Morgan fingerprint density at radius 1 is 1.33 bits per heavy atom. The third kappa shape index (κ3) is 3.91. The van der Waals surface area contributed by atoms with Crippen LogP contribution < -0.4 is 5.32 Å². The summed E-state index contributed by atoms with van der Waals surface area (Å²) in [5.74, 6) is -3.94. The van der Waals surface area contributed by atoms with E-state index in [9.17, 15) is 18.0 Å². The quantitative estimate of drug-likeness (QED) is 0.824. The average molecular weight is 280 g/mol. The van der Waals surface area contributed by atoms with Crippen molar-refractivity contribution in [2.24, 2.45) is 0 Å². The molecule has 0 aliphatic heterocycles. The van der Waals surface area contributed by atoms with Gasteiger partial charge in [-0.3, -0.25) is 4.79 Å². The molecule has 0 spiro atoms. The molecular weight excluding hydrogens is 267 g/mol. The molecule has 6 heteroatoms. The molecule has 1 amide bonds. The third-order valence-corrected chi connectivity index (χ3v) is 2.65. The van der Waals surface area contributed by atoms with Crippen molar-refractivity contribution in [2.75, 3.05) is 5.88 Å². The molecule has 0 aliphatic carbocycles. The van der Waals surface area contributed by atoms with Gasteiger partial charge in [0.15, 0.2) is 0 Å². The maximum Gasteiger partial charge on any atom is 0.257 e. The van der Waals surface area contributed by atoms with Gasteiger partial charge in [0.1, 0.15) is 23.0 Å². The molecule has 2 nitrogen and oxygen atoms in total. The Balaban J connectivity index is 2.78. The van der Waals surface area contributed by atoms with Crippen molar-refractivity contribution in [3.8, 4) is 0 Å². The van der Waals surface area contributed by atoms with Gasteiger partial charge < -0.3 is 5.32 Å². The van der Waals surface area contributed by atoms with Crippen LogP contribution in [0.1, 0.15) is 30.1 Å². The van der Waals surface area contributed by atoms with E-state index in [1.54, 1.807) is 6.92 Å². The Kier molecular flexibility index (Phi) is 5.47. The first kappa shape index (κ1) is 14.8. The van der Waals surface area contributed by atoms with Crippen molar-refractivity contribution in [3.63, 3.8) is 0 Å². The molecular formula is C12H13ClF3NO. The van der Waals surface area contributed by atoms with Crippen LogP contribution in [0.3, 0.4) is 0 Å². The number of alkyl halides is 1. The van der Waals surface area contributed by atoms with Crippen LogP contribution in [0.4, 0.5) is 13.2 Å². The van der Waals surface area contributed by atoms with E-state index in [0.29, 0.717) is 30.9 Å². The molecule has 1 aromatic rings. The summed E-state index contributed by atoms with van der Waals surface area (Å²) in [4.78, 5) is 11.6. The highest BCUT2D eigenvalue weighted by Gasteiger charge is 2.20. The largest absolute Gasteiger partial charge is 0.349 e. The molecule has 0 saturated carbocycles. The topological polar surface area (TPSA) is 29.1 Å². The minimum Gasteiger partial charge on any atom is -0.349 e. The predicted octanol–water partition coefficient (Wildman–Crippen LogP) is 3.24. The molecule has 100 valence electrons. The first-order chi connectivity index (χ1) is 8.45.